The van der Waals surface area contributed by atoms with Crippen molar-refractivity contribution in [1.82, 2.24) is 0 Å². The molecule has 1 aliphatic rings. The number of hydrogen-bond acceptors (Lipinski definition) is 3. The maximum absolute atomic E-state index is 12.9. The van der Waals surface area contributed by atoms with Gasteiger partial charge in [-0.05, 0) is 47.9 Å². The van der Waals surface area contributed by atoms with Gasteiger partial charge in [0.2, 0.25) is 0 Å². The third-order valence-electron chi connectivity index (χ3n) is 3.36. The van der Waals surface area contributed by atoms with E-state index in [0.717, 1.165) is 15.6 Å². The summed E-state index contributed by atoms with van der Waals surface area (Å²) in [5.41, 5.74) is 2.13. The Kier molecular flexibility index (Phi) is 4.67. The second kappa shape index (κ2) is 6.87. The van der Waals surface area contributed by atoms with Gasteiger partial charge in [-0.25, -0.2) is 14.2 Å². The Morgan fingerprint density at radius 2 is 1.91 bits per heavy atom. The van der Waals surface area contributed by atoms with Crippen LogP contribution in [0.5, 0.6) is 0 Å². The lowest BCUT2D eigenvalue weighted by Gasteiger charge is -2.00. The maximum Gasteiger partial charge on any atom is 0.363 e. The molecular formula is C18H13BrFNO2. The number of rotatable bonds is 4. The van der Waals surface area contributed by atoms with Crippen LogP contribution in [0.1, 0.15) is 17.5 Å². The molecule has 0 saturated carbocycles. The van der Waals surface area contributed by atoms with Crippen molar-refractivity contribution in [3.8, 4) is 0 Å². The van der Waals surface area contributed by atoms with Crippen LogP contribution >= 0.6 is 15.9 Å². The molecule has 0 spiro atoms. The Labute approximate surface area is 141 Å². The molecule has 23 heavy (non-hydrogen) atoms. The van der Waals surface area contributed by atoms with E-state index in [9.17, 15) is 9.18 Å². The van der Waals surface area contributed by atoms with Gasteiger partial charge in [0.25, 0.3) is 0 Å². The zero-order valence-corrected chi connectivity index (χ0v) is 13.7. The fourth-order valence-electron chi connectivity index (χ4n) is 2.22. The summed E-state index contributed by atoms with van der Waals surface area (Å²) in [7, 11) is 0. The Morgan fingerprint density at radius 1 is 1.13 bits per heavy atom. The van der Waals surface area contributed by atoms with Crippen LogP contribution < -0.4 is 0 Å². The second-order valence-electron chi connectivity index (χ2n) is 5.11. The van der Waals surface area contributed by atoms with E-state index < -0.39 is 5.97 Å². The summed E-state index contributed by atoms with van der Waals surface area (Å²) in [6.07, 6.45) is 2.82. The van der Waals surface area contributed by atoms with Crippen LogP contribution in [0.15, 0.2) is 63.7 Å². The molecule has 3 nitrogen and oxygen atoms in total. The van der Waals surface area contributed by atoms with Crippen LogP contribution in [0.3, 0.4) is 0 Å². The maximum atomic E-state index is 12.9. The van der Waals surface area contributed by atoms with Crippen molar-refractivity contribution in [2.75, 3.05) is 0 Å². The zero-order valence-electron chi connectivity index (χ0n) is 12.1. The number of nitrogens with zero attached hydrogens (tertiary/aromatic N) is 1. The van der Waals surface area contributed by atoms with Crippen molar-refractivity contribution in [2.24, 2.45) is 4.99 Å². The lowest BCUT2D eigenvalue weighted by atomic mass is 10.1. The summed E-state index contributed by atoms with van der Waals surface area (Å²) in [5.74, 6) is -0.322. The van der Waals surface area contributed by atoms with Gasteiger partial charge in [-0.15, -0.1) is 0 Å². The predicted molar refractivity (Wildman–Crippen MR) is 90.4 cm³/mol. The van der Waals surface area contributed by atoms with Gasteiger partial charge in [-0.1, -0.05) is 40.2 Å². The van der Waals surface area contributed by atoms with Crippen LogP contribution in [-0.2, 0) is 16.0 Å². The molecule has 2 aromatic carbocycles. The van der Waals surface area contributed by atoms with E-state index >= 15 is 0 Å². The molecule has 0 unspecified atom stereocenters. The molecule has 116 valence electrons. The second-order valence-corrected chi connectivity index (χ2v) is 6.02. The fraction of sp³-hybridized carbons (Fsp3) is 0.111. The highest BCUT2D eigenvalue weighted by atomic mass is 79.9. The number of hydrogen-bond donors (Lipinski definition) is 0. The van der Waals surface area contributed by atoms with E-state index in [0.29, 0.717) is 18.7 Å². The zero-order chi connectivity index (χ0) is 16.2. The average molecular weight is 374 g/mol. The first-order valence-corrected chi connectivity index (χ1v) is 7.91. The third-order valence-corrected chi connectivity index (χ3v) is 3.85. The minimum absolute atomic E-state index is 0.266. The number of aryl methyl sites for hydroxylation is 1. The van der Waals surface area contributed by atoms with Crippen LogP contribution in [0.2, 0.25) is 0 Å². The molecule has 0 N–H and O–H groups in total. The normalized spacial score (nSPS) is 15.7. The standard InChI is InChI=1S/C18H13BrFNO2/c19-14-3-1-2-13(10-14)11-16-18(22)23-17(21-16)9-6-12-4-7-15(20)8-5-12/h1-5,7-8,10-11H,6,9H2/b16-11+. The van der Waals surface area contributed by atoms with Gasteiger partial charge in [0, 0.05) is 10.9 Å². The van der Waals surface area contributed by atoms with Crippen LogP contribution in [-0.4, -0.2) is 11.9 Å². The predicted octanol–water partition coefficient (Wildman–Crippen LogP) is 4.52. The molecule has 0 saturated heterocycles. The van der Waals surface area contributed by atoms with E-state index in [2.05, 4.69) is 20.9 Å². The largest absolute Gasteiger partial charge is 0.407 e. The van der Waals surface area contributed by atoms with E-state index in [-0.39, 0.29) is 11.5 Å². The molecule has 0 fully saturated rings. The molecule has 0 aromatic heterocycles. The summed E-state index contributed by atoms with van der Waals surface area (Å²) < 4.78 is 19.0. The number of esters is 1. The lowest BCUT2D eigenvalue weighted by Crippen LogP contribution is -2.05. The van der Waals surface area contributed by atoms with Crippen molar-refractivity contribution >= 4 is 33.9 Å². The Morgan fingerprint density at radius 3 is 2.65 bits per heavy atom. The third kappa shape index (κ3) is 4.13. The summed E-state index contributed by atoms with van der Waals surface area (Å²) in [5, 5.41) is 0. The van der Waals surface area contributed by atoms with Crippen LogP contribution in [0.4, 0.5) is 4.39 Å². The summed E-state index contributed by atoms with van der Waals surface area (Å²) in [6.45, 7) is 0. The Balaban J connectivity index is 1.70. The molecule has 0 radical (unpaired) electrons. The van der Waals surface area contributed by atoms with Gasteiger partial charge in [0.1, 0.15) is 5.82 Å². The fourth-order valence-corrected chi connectivity index (χ4v) is 2.63. The van der Waals surface area contributed by atoms with Crippen molar-refractivity contribution in [3.63, 3.8) is 0 Å². The quantitative estimate of drug-likeness (QED) is 0.583. The van der Waals surface area contributed by atoms with E-state index in [1.807, 2.05) is 24.3 Å². The Bertz CT molecular complexity index is 797. The van der Waals surface area contributed by atoms with Gasteiger partial charge in [-0.2, -0.15) is 0 Å². The molecule has 5 heteroatoms. The van der Waals surface area contributed by atoms with Gasteiger partial charge in [0.05, 0.1) is 0 Å². The summed E-state index contributed by atoms with van der Waals surface area (Å²) >= 11 is 3.39. The van der Waals surface area contributed by atoms with Crippen molar-refractivity contribution in [1.29, 1.82) is 0 Å². The first-order valence-electron chi connectivity index (χ1n) is 7.11. The molecule has 0 bridgehead atoms. The van der Waals surface area contributed by atoms with Crippen molar-refractivity contribution in [2.45, 2.75) is 12.8 Å². The number of carbonyl (C=O) groups is 1. The molecule has 2 aromatic rings. The minimum Gasteiger partial charge on any atom is -0.407 e. The molecule has 0 atom stereocenters. The van der Waals surface area contributed by atoms with E-state index in [1.165, 1.54) is 12.1 Å². The number of cyclic esters (lactones) is 1. The van der Waals surface area contributed by atoms with Gasteiger partial charge in [0.15, 0.2) is 11.6 Å². The number of benzene rings is 2. The molecule has 0 aliphatic carbocycles. The molecule has 1 aliphatic heterocycles. The molecule has 3 rings (SSSR count). The first kappa shape index (κ1) is 15.6. The van der Waals surface area contributed by atoms with E-state index in [1.54, 1.807) is 18.2 Å². The number of aliphatic imine (C=N–C) groups is 1. The smallest absolute Gasteiger partial charge is 0.363 e. The van der Waals surface area contributed by atoms with Gasteiger partial charge < -0.3 is 4.74 Å². The molecular weight excluding hydrogens is 361 g/mol. The van der Waals surface area contributed by atoms with Crippen molar-refractivity contribution in [3.05, 3.63) is 75.6 Å². The highest BCUT2D eigenvalue weighted by molar-refractivity contribution is 9.10. The Hall–Kier alpha value is -2.27. The monoisotopic (exact) mass is 373 g/mol. The number of halogens is 2. The average Bonchev–Trinajstić information content (AvgIpc) is 2.87. The van der Waals surface area contributed by atoms with Gasteiger partial charge in [-0.3, -0.25) is 0 Å². The molecule has 0 amide bonds. The lowest BCUT2D eigenvalue weighted by molar-refractivity contribution is -0.130. The summed E-state index contributed by atoms with van der Waals surface area (Å²) in [4.78, 5) is 16.1. The van der Waals surface area contributed by atoms with Gasteiger partial charge >= 0.3 is 5.97 Å². The topological polar surface area (TPSA) is 38.7 Å². The number of ether oxygens (including phenoxy) is 1. The van der Waals surface area contributed by atoms with E-state index in [4.69, 9.17) is 4.74 Å². The minimum atomic E-state index is -0.445. The highest BCUT2D eigenvalue weighted by Gasteiger charge is 2.22. The number of carbonyl (C=O) groups excluding carboxylic acids is 1. The highest BCUT2D eigenvalue weighted by Crippen LogP contribution is 2.20. The molecule has 1 heterocycles. The van der Waals surface area contributed by atoms with Crippen LogP contribution in [0.25, 0.3) is 6.08 Å². The van der Waals surface area contributed by atoms with Crippen molar-refractivity contribution < 1.29 is 13.9 Å². The first-order chi connectivity index (χ1) is 11.1. The SMILES string of the molecule is O=C1OC(CCc2ccc(F)cc2)=N/C1=C/c1cccc(Br)c1. The van der Waals surface area contributed by atoms with Crippen LogP contribution in [0, 0.1) is 5.82 Å². The summed E-state index contributed by atoms with van der Waals surface area (Å²) in [6, 6.07) is 13.8.